The van der Waals surface area contributed by atoms with Crippen molar-refractivity contribution in [1.82, 2.24) is 9.29 Å². The molecule has 0 spiro atoms. The first kappa shape index (κ1) is 14.4. The standard InChI is InChI=1S/C12H19N3O3S/c1-2-11-9-18-6-5-15(11)19(16,17)12-4-3-10(7-13)14-8-12/h3-4,8,11H,2,5-7,9,13H2,1H3. The molecule has 19 heavy (non-hydrogen) atoms. The minimum absolute atomic E-state index is 0.104. The van der Waals surface area contributed by atoms with Gasteiger partial charge in [0.1, 0.15) is 4.90 Å². The highest BCUT2D eigenvalue weighted by Crippen LogP contribution is 2.21. The first-order valence-corrected chi connectivity index (χ1v) is 7.78. The van der Waals surface area contributed by atoms with E-state index in [4.69, 9.17) is 10.5 Å². The number of nitrogens with two attached hydrogens (primary N) is 1. The van der Waals surface area contributed by atoms with E-state index in [0.29, 0.717) is 32.0 Å². The van der Waals surface area contributed by atoms with Crippen molar-refractivity contribution in [2.45, 2.75) is 30.8 Å². The van der Waals surface area contributed by atoms with Crippen LogP contribution >= 0.6 is 0 Å². The van der Waals surface area contributed by atoms with Crippen LogP contribution in [0.2, 0.25) is 0 Å². The number of nitrogens with zero attached hydrogens (tertiary/aromatic N) is 2. The second-order valence-electron chi connectivity index (χ2n) is 4.44. The summed E-state index contributed by atoms with van der Waals surface area (Å²) in [4.78, 5) is 4.26. The van der Waals surface area contributed by atoms with E-state index < -0.39 is 10.0 Å². The van der Waals surface area contributed by atoms with E-state index in [1.54, 1.807) is 12.1 Å². The predicted octanol–water partition coefficient (Wildman–Crippen LogP) is 0.340. The summed E-state index contributed by atoms with van der Waals surface area (Å²) in [5.74, 6) is 0. The number of hydrogen-bond donors (Lipinski definition) is 1. The van der Waals surface area contributed by atoms with Crippen LogP contribution in [0.5, 0.6) is 0 Å². The van der Waals surface area contributed by atoms with Crippen LogP contribution in [0.1, 0.15) is 19.0 Å². The summed E-state index contributed by atoms with van der Waals surface area (Å²) in [6.45, 7) is 3.53. The molecule has 1 aromatic heterocycles. The van der Waals surface area contributed by atoms with Crippen molar-refractivity contribution >= 4 is 10.0 Å². The zero-order valence-corrected chi connectivity index (χ0v) is 11.8. The van der Waals surface area contributed by atoms with Gasteiger partial charge in [0, 0.05) is 25.3 Å². The maximum atomic E-state index is 12.6. The number of ether oxygens (including phenoxy) is 1. The summed E-state index contributed by atoms with van der Waals surface area (Å²) in [5.41, 5.74) is 6.13. The second-order valence-corrected chi connectivity index (χ2v) is 6.33. The quantitative estimate of drug-likeness (QED) is 0.862. The SMILES string of the molecule is CCC1COCCN1S(=O)(=O)c1ccc(CN)nc1. The number of sulfonamides is 1. The molecule has 0 amide bonds. The monoisotopic (exact) mass is 285 g/mol. The molecule has 6 nitrogen and oxygen atoms in total. The third-order valence-electron chi connectivity index (χ3n) is 3.26. The lowest BCUT2D eigenvalue weighted by atomic mass is 10.2. The highest BCUT2D eigenvalue weighted by Gasteiger charge is 2.33. The van der Waals surface area contributed by atoms with Gasteiger partial charge in [0.15, 0.2) is 0 Å². The molecule has 0 saturated carbocycles. The zero-order chi connectivity index (χ0) is 13.9. The number of hydrogen-bond acceptors (Lipinski definition) is 5. The largest absolute Gasteiger partial charge is 0.378 e. The van der Waals surface area contributed by atoms with Gasteiger partial charge in [-0.25, -0.2) is 8.42 Å². The molecule has 1 aliphatic rings. The molecule has 2 heterocycles. The van der Waals surface area contributed by atoms with E-state index in [1.165, 1.54) is 10.5 Å². The van der Waals surface area contributed by atoms with Crippen LogP contribution in [-0.2, 0) is 21.3 Å². The molecule has 1 aromatic rings. The lowest BCUT2D eigenvalue weighted by Gasteiger charge is -2.33. The minimum Gasteiger partial charge on any atom is -0.378 e. The van der Waals surface area contributed by atoms with Gasteiger partial charge in [0.05, 0.1) is 18.9 Å². The van der Waals surface area contributed by atoms with E-state index in [9.17, 15) is 8.42 Å². The normalized spacial score (nSPS) is 21.5. The fourth-order valence-electron chi connectivity index (χ4n) is 2.10. The van der Waals surface area contributed by atoms with Crippen molar-refractivity contribution in [2.75, 3.05) is 19.8 Å². The Morgan fingerprint density at radius 1 is 1.53 bits per heavy atom. The summed E-state index contributed by atoms with van der Waals surface area (Å²) in [6.07, 6.45) is 2.10. The van der Waals surface area contributed by atoms with E-state index in [2.05, 4.69) is 4.98 Å². The Bertz CT molecular complexity index is 516. The summed E-state index contributed by atoms with van der Waals surface area (Å²) >= 11 is 0. The van der Waals surface area contributed by atoms with Crippen molar-refractivity contribution in [2.24, 2.45) is 5.73 Å². The van der Waals surface area contributed by atoms with Crippen LogP contribution < -0.4 is 5.73 Å². The maximum absolute atomic E-state index is 12.6. The Hall–Kier alpha value is -1.02. The van der Waals surface area contributed by atoms with Crippen molar-refractivity contribution in [3.63, 3.8) is 0 Å². The maximum Gasteiger partial charge on any atom is 0.245 e. The molecule has 106 valence electrons. The van der Waals surface area contributed by atoms with Gasteiger partial charge < -0.3 is 10.5 Å². The average molecular weight is 285 g/mol. The molecule has 1 aliphatic heterocycles. The van der Waals surface area contributed by atoms with Crippen molar-refractivity contribution in [1.29, 1.82) is 0 Å². The van der Waals surface area contributed by atoms with Crippen LogP contribution in [0.15, 0.2) is 23.2 Å². The van der Waals surface area contributed by atoms with Crippen LogP contribution in [0.4, 0.5) is 0 Å². The molecule has 7 heteroatoms. The molecule has 0 radical (unpaired) electrons. The van der Waals surface area contributed by atoms with Crippen LogP contribution in [0.3, 0.4) is 0 Å². The molecule has 1 fully saturated rings. The Morgan fingerprint density at radius 3 is 2.89 bits per heavy atom. The molecule has 0 aliphatic carbocycles. The van der Waals surface area contributed by atoms with Crippen LogP contribution in [-0.4, -0.2) is 43.5 Å². The highest BCUT2D eigenvalue weighted by atomic mass is 32.2. The molecular formula is C12H19N3O3S. The van der Waals surface area contributed by atoms with Gasteiger partial charge in [-0.05, 0) is 18.6 Å². The number of rotatable bonds is 4. The smallest absolute Gasteiger partial charge is 0.245 e. The summed E-state index contributed by atoms with van der Waals surface area (Å²) in [5, 5.41) is 0. The summed E-state index contributed by atoms with van der Waals surface area (Å²) in [6, 6.07) is 3.11. The van der Waals surface area contributed by atoms with Gasteiger partial charge >= 0.3 is 0 Å². The number of morpholine rings is 1. The first-order chi connectivity index (χ1) is 9.09. The average Bonchev–Trinajstić information content (AvgIpc) is 2.47. The Morgan fingerprint density at radius 2 is 2.32 bits per heavy atom. The lowest BCUT2D eigenvalue weighted by molar-refractivity contribution is 0.0314. The molecule has 1 atom stereocenters. The number of aromatic nitrogens is 1. The summed E-state index contributed by atoms with van der Waals surface area (Å²) in [7, 11) is -3.50. The predicted molar refractivity (Wildman–Crippen MR) is 70.9 cm³/mol. The van der Waals surface area contributed by atoms with Gasteiger partial charge in [-0.3, -0.25) is 4.98 Å². The van der Waals surface area contributed by atoms with E-state index in [0.717, 1.165) is 6.42 Å². The van der Waals surface area contributed by atoms with Crippen LogP contribution in [0.25, 0.3) is 0 Å². The van der Waals surface area contributed by atoms with Gasteiger partial charge in [0.2, 0.25) is 10.0 Å². The van der Waals surface area contributed by atoms with E-state index >= 15 is 0 Å². The van der Waals surface area contributed by atoms with E-state index in [1.807, 2.05) is 6.92 Å². The van der Waals surface area contributed by atoms with Gasteiger partial charge in [0.25, 0.3) is 0 Å². The van der Waals surface area contributed by atoms with E-state index in [-0.39, 0.29) is 10.9 Å². The minimum atomic E-state index is -3.50. The Balaban J connectivity index is 2.29. The molecular weight excluding hydrogens is 266 g/mol. The van der Waals surface area contributed by atoms with Crippen molar-refractivity contribution < 1.29 is 13.2 Å². The van der Waals surface area contributed by atoms with Crippen molar-refractivity contribution in [3.05, 3.63) is 24.0 Å². The van der Waals surface area contributed by atoms with Gasteiger partial charge in [-0.2, -0.15) is 4.31 Å². The topological polar surface area (TPSA) is 85.5 Å². The lowest BCUT2D eigenvalue weighted by Crippen LogP contribution is -2.48. The van der Waals surface area contributed by atoms with Crippen molar-refractivity contribution in [3.8, 4) is 0 Å². The molecule has 2 rings (SSSR count). The number of pyridine rings is 1. The third-order valence-corrected chi connectivity index (χ3v) is 5.19. The molecule has 2 N–H and O–H groups in total. The summed E-state index contributed by atoms with van der Waals surface area (Å²) < 4.78 is 32.0. The molecule has 0 bridgehead atoms. The Labute approximate surface area is 113 Å². The molecule has 1 saturated heterocycles. The highest BCUT2D eigenvalue weighted by molar-refractivity contribution is 7.89. The van der Waals surface area contributed by atoms with Gasteiger partial charge in [-0.15, -0.1) is 0 Å². The zero-order valence-electron chi connectivity index (χ0n) is 10.9. The fourth-order valence-corrected chi connectivity index (χ4v) is 3.71. The third kappa shape index (κ3) is 2.94. The Kier molecular flexibility index (Phi) is 4.51. The molecule has 0 aromatic carbocycles. The first-order valence-electron chi connectivity index (χ1n) is 6.34. The fraction of sp³-hybridized carbons (Fsp3) is 0.583. The van der Waals surface area contributed by atoms with Gasteiger partial charge in [-0.1, -0.05) is 6.92 Å². The molecule has 1 unspecified atom stereocenters. The second kappa shape index (κ2) is 5.96. The van der Waals surface area contributed by atoms with Crippen LogP contribution in [0, 0.1) is 0 Å².